The summed E-state index contributed by atoms with van der Waals surface area (Å²) >= 11 is 1.43. The van der Waals surface area contributed by atoms with Crippen LogP contribution in [0.2, 0.25) is 0 Å². The number of para-hydroxylation sites is 1. The van der Waals surface area contributed by atoms with E-state index in [0.29, 0.717) is 5.82 Å². The number of nitrogens with one attached hydrogen (secondary N) is 1. The fourth-order valence-electron chi connectivity index (χ4n) is 2.42. The van der Waals surface area contributed by atoms with Gasteiger partial charge in [0.2, 0.25) is 5.91 Å². The van der Waals surface area contributed by atoms with E-state index in [4.69, 9.17) is 0 Å². The molecular formula is C20H15N5OS. The molecule has 27 heavy (non-hydrogen) atoms. The summed E-state index contributed by atoms with van der Waals surface area (Å²) in [5, 5.41) is 9.62. The van der Waals surface area contributed by atoms with E-state index in [2.05, 4.69) is 20.4 Å². The molecule has 0 aliphatic carbocycles. The first-order chi connectivity index (χ1) is 13.3. The molecule has 3 heterocycles. The summed E-state index contributed by atoms with van der Waals surface area (Å²) in [5.41, 5.74) is 2.58. The number of nitrogens with zero attached hydrogens (tertiary/aromatic N) is 4. The molecule has 0 bridgehead atoms. The topological polar surface area (TPSA) is 72.7 Å². The van der Waals surface area contributed by atoms with Crippen LogP contribution in [-0.2, 0) is 4.79 Å². The van der Waals surface area contributed by atoms with E-state index in [1.165, 1.54) is 17.4 Å². The highest BCUT2D eigenvalue weighted by Gasteiger charge is 2.07. The van der Waals surface area contributed by atoms with Crippen LogP contribution < -0.4 is 5.32 Å². The molecule has 0 atom stereocenters. The quantitative estimate of drug-likeness (QED) is 0.536. The van der Waals surface area contributed by atoms with Gasteiger partial charge in [-0.3, -0.25) is 9.78 Å². The fourth-order valence-corrected chi connectivity index (χ4v) is 3.15. The van der Waals surface area contributed by atoms with E-state index in [1.807, 2.05) is 54.7 Å². The molecule has 0 aliphatic rings. The van der Waals surface area contributed by atoms with E-state index in [1.54, 1.807) is 28.5 Å². The zero-order valence-electron chi connectivity index (χ0n) is 14.2. The standard InChI is InChI=1S/C20H15N5OS/c26-19(23-18-14-27-20(24-18)17-8-4-5-11-21-17)10-9-15-12-22-25(13-15)16-6-2-1-3-7-16/h1-14H,(H,23,26)/b10-9+. The molecule has 1 N–H and O–H groups in total. The number of carbonyl (C=O) groups is 1. The average Bonchev–Trinajstić information content (AvgIpc) is 3.37. The lowest BCUT2D eigenvalue weighted by Crippen LogP contribution is -2.07. The first-order valence-corrected chi connectivity index (χ1v) is 9.12. The van der Waals surface area contributed by atoms with Gasteiger partial charge in [-0.05, 0) is 30.3 Å². The van der Waals surface area contributed by atoms with E-state index in [0.717, 1.165) is 22.0 Å². The van der Waals surface area contributed by atoms with Crippen molar-refractivity contribution in [2.75, 3.05) is 5.32 Å². The predicted octanol–water partition coefficient (Wildman–Crippen LogP) is 4.04. The smallest absolute Gasteiger partial charge is 0.249 e. The summed E-state index contributed by atoms with van der Waals surface area (Å²) in [6.07, 6.45) is 8.47. The Morgan fingerprint density at radius 1 is 1.11 bits per heavy atom. The number of benzene rings is 1. The lowest BCUT2D eigenvalue weighted by Gasteiger charge is -1.98. The molecule has 0 saturated carbocycles. The summed E-state index contributed by atoms with van der Waals surface area (Å²) < 4.78 is 1.76. The van der Waals surface area contributed by atoms with Crippen molar-refractivity contribution in [1.82, 2.24) is 19.7 Å². The van der Waals surface area contributed by atoms with Gasteiger partial charge < -0.3 is 5.32 Å². The highest BCUT2D eigenvalue weighted by atomic mass is 32.1. The molecule has 7 heteroatoms. The zero-order chi connectivity index (χ0) is 18.5. The van der Waals surface area contributed by atoms with Crippen LogP contribution in [0.1, 0.15) is 5.56 Å². The number of pyridine rings is 1. The van der Waals surface area contributed by atoms with Crippen molar-refractivity contribution in [2.24, 2.45) is 0 Å². The van der Waals surface area contributed by atoms with Gasteiger partial charge in [-0.1, -0.05) is 24.3 Å². The fraction of sp³-hybridized carbons (Fsp3) is 0. The Labute approximate surface area is 159 Å². The normalized spacial score (nSPS) is 11.0. The molecule has 132 valence electrons. The summed E-state index contributed by atoms with van der Waals surface area (Å²) in [4.78, 5) is 20.8. The molecule has 3 aromatic heterocycles. The Morgan fingerprint density at radius 2 is 1.96 bits per heavy atom. The Balaban J connectivity index is 1.40. The van der Waals surface area contributed by atoms with Gasteiger partial charge in [0.1, 0.15) is 10.8 Å². The highest BCUT2D eigenvalue weighted by molar-refractivity contribution is 7.13. The number of aromatic nitrogens is 4. The van der Waals surface area contributed by atoms with E-state index >= 15 is 0 Å². The molecule has 0 saturated heterocycles. The lowest BCUT2D eigenvalue weighted by atomic mass is 10.3. The van der Waals surface area contributed by atoms with Crippen LogP contribution in [0, 0.1) is 0 Å². The molecule has 0 spiro atoms. The van der Waals surface area contributed by atoms with E-state index < -0.39 is 0 Å². The zero-order valence-corrected chi connectivity index (χ0v) is 15.0. The van der Waals surface area contributed by atoms with Crippen LogP contribution in [0.5, 0.6) is 0 Å². The Bertz CT molecular complexity index is 1070. The SMILES string of the molecule is O=C(/C=C/c1cnn(-c2ccccc2)c1)Nc1csc(-c2ccccn2)n1. The van der Waals surface area contributed by atoms with Gasteiger partial charge in [0, 0.05) is 29.4 Å². The second-order valence-electron chi connectivity index (χ2n) is 5.63. The second-order valence-corrected chi connectivity index (χ2v) is 6.49. The van der Waals surface area contributed by atoms with Crippen molar-refractivity contribution in [3.05, 3.63) is 84.1 Å². The van der Waals surface area contributed by atoms with Crippen molar-refractivity contribution in [3.63, 3.8) is 0 Å². The van der Waals surface area contributed by atoms with Crippen molar-refractivity contribution >= 4 is 29.1 Å². The van der Waals surface area contributed by atoms with Gasteiger partial charge in [0.05, 0.1) is 17.6 Å². The van der Waals surface area contributed by atoms with Crippen LogP contribution in [0.25, 0.3) is 22.5 Å². The van der Waals surface area contributed by atoms with Gasteiger partial charge in [-0.2, -0.15) is 5.10 Å². The molecule has 0 unspecified atom stereocenters. The number of amides is 1. The first-order valence-electron chi connectivity index (χ1n) is 8.24. The largest absolute Gasteiger partial charge is 0.306 e. The molecule has 0 aliphatic heterocycles. The maximum atomic E-state index is 12.1. The van der Waals surface area contributed by atoms with E-state index in [9.17, 15) is 4.79 Å². The first kappa shape index (κ1) is 16.9. The molecule has 4 rings (SSSR count). The molecule has 1 aromatic carbocycles. The minimum Gasteiger partial charge on any atom is -0.306 e. The van der Waals surface area contributed by atoms with Crippen molar-refractivity contribution < 1.29 is 4.79 Å². The lowest BCUT2D eigenvalue weighted by molar-refractivity contribution is -0.111. The van der Waals surface area contributed by atoms with Crippen LogP contribution >= 0.6 is 11.3 Å². The predicted molar refractivity (Wildman–Crippen MR) is 107 cm³/mol. The molecule has 1 amide bonds. The Morgan fingerprint density at radius 3 is 2.78 bits per heavy atom. The van der Waals surface area contributed by atoms with Gasteiger partial charge in [0.25, 0.3) is 0 Å². The maximum absolute atomic E-state index is 12.1. The average molecular weight is 373 g/mol. The van der Waals surface area contributed by atoms with Crippen LogP contribution in [0.15, 0.2) is 78.6 Å². The monoisotopic (exact) mass is 373 g/mol. The highest BCUT2D eigenvalue weighted by Crippen LogP contribution is 2.23. The molecule has 0 fully saturated rings. The van der Waals surface area contributed by atoms with Crippen molar-refractivity contribution in [3.8, 4) is 16.4 Å². The number of anilines is 1. The van der Waals surface area contributed by atoms with Crippen molar-refractivity contribution in [1.29, 1.82) is 0 Å². The third-order valence-corrected chi connectivity index (χ3v) is 4.55. The minimum atomic E-state index is -0.250. The molecule has 0 radical (unpaired) electrons. The van der Waals surface area contributed by atoms with Gasteiger partial charge in [-0.15, -0.1) is 11.3 Å². The third-order valence-electron chi connectivity index (χ3n) is 3.69. The third kappa shape index (κ3) is 4.16. The van der Waals surface area contributed by atoms with Crippen LogP contribution in [0.3, 0.4) is 0 Å². The summed E-state index contributed by atoms with van der Waals surface area (Å²) in [6.45, 7) is 0. The Kier molecular flexibility index (Phi) is 4.84. The van der Waals surface area contributed by atoms with E-state index in [-0.39, 0.29) is 5.91 Å². The number of thiazole rings is 1. The number of rotatable bonds is 5. The molecule has 6 nitrogen and oxygen atoms in total. The van der Waals surface area contributed by atoms with Gasteiger partial charge in [-0.25, -0.2) is 9.67 Å². The Hall–Kier alpha value is -3.58. The minimum absolute atomic E-state index is 0.250. The van der Waals surface area contributed by atoms with Gasteiger partial charge >= 0.3 is 0 Å². The van der Waals surface area contributed by atoms with Gasteiger partial charge in [0.15, 0.2) is 0 Å². The van der Waals surface area contributed by atoms with Crippen LogP contribution in [-0.4, -0.2) is 25.7 Å². The summed E-state index contributed by atoms with van der Waals surface area (Å²) in [6, 6.07) is 15.4. The molecular weight excluding hydrogens is 358 g/mol. The summed E-state index contributed by atoms with van der Waals surface area (Å²) in [5.74, 6) is 0.260. The van der Waals surface area contributed by atoms with Crippen molar-refractivity contribution in [2.45, 2.75) is 0 Å². The second kappa shape index (κ2) is 7.76. The number of hydrogen-bond donors (Lipinski definition) is 1. The summed E-state index contributed by atoms with van der Waals surface area (Å²) in [7, 11) is 0. The number of hydrogen-bond acceptors (Lipinski definition) is 5. The number of carbonyl (C=O) groups excluding carboxylic acids is 1. The maximum Gasteiger partial charge on any atom is 0.249 e. The van der Waals surface area contributed by atoms with Crippen LogP contribution in [0.4, 0.5) is 5.82 Å². The molecule has 4 aromatic rings.